The smallest absolute Gasteiger partial charge is 0.537 e. The van der Waals surface area contributed by atoms with Crippen LogP contribution in [0.2, 0.25) is 0 Å². The normalized spacial score (nSPS) is 14.0. The maximum Gasteiger partial charge on any atom is 0.569 e. The molecule has 2 aromatic carbocycles. The summed E-state index contributed by atoms with van der Waals surface area (Å²) >= 11 is 0. The average Bonchev–Trinajstić information content (AvgIpc) is 2.95. The molecule has 5 rings (SSSR count). The van der Waals surface area contributed by atoms with Gasteiger partial charge in [0.05, 0.1) is 11.2 Å². The molecular weight excluding hydrogens is 323 g/mol. The molecule has 4 nitrogen and oxygen atoms in total. The quantitative estimate of drug-likeness (QED) is 0.550. The van der Waals surface area contributed by atoms with E-state index in [1.807, 2.05) is 24.4 Å². The molecule has 0 amide bonds. The van der Waals surface area contributed by atoms with Gasteiger partial charge in [0.1, 0.15) is 11.4 Å². The average molecular weight is 343 g/mol. The molecule has 0 saturated carbocycles. The molecule has 0 fully saturated rings. The minimum atomic E-state index is -0.186. The molecule has 3 heterocycles. The molecule has 4 aromatic rings. The number of pyridine rings is 1. The Labute approximate surface area is 153 Å². The van der Waals surface area contributed by atoms with Gasteiger partial charge in [-0.25, -0.2) is 4.98 Å². The Bertz CT molecular complexity index is 1150. The second kappa shape index (κ2) is 5.61. The summed E-state index contributed by atoms with van der Waals surface area (Å²) in [4.78, 5) is 4.65. The van der Waals surface area contributed by atoms with Crippen LogP contribution in [0, 0.1) is 0 Å². The van der Waals surface area contributed by atoms with E-state index in [1.54, 1.807) is 0 Å². The molecule has 0 saturated heterocycles. The monoisotopic (exact) mass is 343 g/mol. The standard InChI is InChI=1S/C20H16BN2O2.CH4/c1-20(2)15-7-3-4-8-17(15)23-18-14(13-6-5-9-22-19(13)23)10-12(25-21-24)11-16(18)20;/h3-11,24H,1-2H3;1H4. The van der Waals surface area contributed by atoms with E-state index >= 15 is 0 Å². The Kier molecular flexibility index (Phi) is 3.60. The van der Waals surface area contributed by atoms with Crippen LogP contribution < -0.4 is 4.65 Å². The van der Waals surface area contributed by atoms with Crippen LogP contribution in [0.3, 0.4) is 0 Å². The SMILES string of the molecule is C.CC1(C)c2ccccc2-n2c3ncccc3c3cc(O[B]O)cc1c32. The predicted molar refractivity (Wildman–Crippen MR) is 106 cm³/mol. The van der Waals surface area contributed by atoms with Crippen molar-refractivity contribution in [2.45, 2.75) is 26.7 Å². The summed E-state index contributed by atoms with van der Waals surface area (Å²) in [6, 6.07) is 16.5. The van der Waals surface area contributed by atoms with Crippen molar-refractivity contribution in [3.8, 4) is 11.4 Å². The van der Waals surface area contributed by atoms with Crippen LogP contribution in [0.4, 0.5) is 0 Å². The van der Waals surface area contributed by atoms with E-state index in [2.05, 4.69) is 53.7 Å². The molecule has 5 heteroatoms. The van der Waals surface area contributed by atoms with Crippen molar-refractivity contribution < 1.29 is 9.68 Å². The van der Waals surface area contributed by atoms with Crippen LogP contribution in [0.5, 0.6) is 5.75 Å². The van der Waals surface area contributed by atoms with Crippen molar-refractivity contribution in [1.29, 1.82) is 0 Å². The fourth-order valence-electron chi connectivity index (χ4n) is 4.13. The van der Waals surface area contributed by atoms with Crippen molar-refractivity contribution in [3.05, 3.63) is 65.9 Å². The number of aromatic nitrogens is 2. The number of benzene rings is 2. The summed E-state index contributed by atoms with van der Waals surface area (Å²) in [7, 11) is 0.731. The van der Waals surface area contributed by atoms with Crippen molar-refractivity contribution in [3.63, 3.8) is 0 Å². The molecule has 1 aliphatic heterocycles. The zero-order valence-electron chi connectivity index (χ0n) is 14.0. The zero-order chi connectivity index (χ0) is 17.2. The summed E-state index contributed by atoms with van der Waals surface area (Å²) in [5, 5.41) is 11.3. The third-order valence-corrected chi connectivity index (χ3v) is 5.28. The van der Waals surface area contributed by atoms with E-state index in [1.165, 1.54) is 16.8 Å². The Balaban J connectivity index is 0.00000168. The highest BCUT2D eigenvalue weighted by Crippen LogP contribution is 2.48. The third kappa shape index (κ3) is 1.98. The highest BCUT2D eigenvalue weighted by molar-refractivity contribution is 6.18. The van der Waals surface area contributed by atoms with E-state index in [4.69, 9.17) is 9.68 Å². The van der Waals surface area contributed by atoms with Crippen LogP contribution in [0.1, 0.15) is 32.4 Å². The molecule has 2 aromatic heterocycles. The first-order valence-electron chi connectivity index (χ1n) is 8.29. The lowest BCUT2D eigenvalue weighted by Gasteiger charge is -2.34. The summed E-state index contributed by atoms with van der Waals surface area (Å²) in [5.74, 6) is 0.625. The first kappa shape index (κ1) is 16.7. The Hall–Kier alpha value is -2.79. The van der Waals surface area contributed by atoms with Crippen LogP contribution in [0.15, 0.2) is 54.7 Å². The number of hydrogen-bond donors (Lipinski definition) is 1. The van der Waals surface area contributed by atoms with Crippen molar-refractivity contribution >= 4 is 29.6 Å². The molecule has 1 N–H and O–H groups in total. The van der Waals surface area contributed by atoms with E-state index in [0.717, 1.165) is 29.6 Å². The molecule has 129 valence electrons. The molecule has 0 spiro atoms. The lowest BCUT2D eigenvalue weighted by atomic mass is 9.74. The van der Waals surface area contributed by atoms with Gasteiger partial charge in [-0.3, -0.25) is 4.57 Å². The van der Waals surface area contributed by atoms with Gasteiger partial charge in [0.25, 0.3) is 0 Å². The molecule has 0 aliphatic carbocycles. The van der Waals surface area contributed by atoms with Crippen LogP contribution >= 0.6 is 0 Å². The summed E-state index contributed by atoms with van der Waals surface area (Å²) in [5.41, 5.74) is 5.49. The highest BCUT2D eigenvalue weighted by atomic mass is 16.5. The molecule has 1 radical (unpaired) electrons. The number of rotatable bonds is 2. The van der Waals surface area contributed by atoms with Crippen molar-refractivity contribution in [2.75, 3.05) is 0 Å². The summed E-state index contributed by atoms with van der Waals surface area (Å²) in [6.07, 6.45) is 1.83. The molecule has 0 atom stereocenters. The Morgan fingerprint density at radius 1 is 1.04 bits per heavy atom. The van der Waals surface area contributed by atoms with Crippen LogP contribution in [0.25, 0.3) is 27.6 Å². The van der Waals surface area contributed by atoms with Gasteiger partial charge >= 0.3 is 7.69 Å². The number of hydrogen-bond acceptors (Lipinski definition) is 3. The molecule has 26 heavy (non-hydrogen) atoms. The fourth-order valence-corrected chi connectivity index (χ4v) is 4.13. The lowest BCUT2D eigenvalue weighted by molar-refractivity contribution is 0.453. The predicted octanol–water partition coefficient (Wildman–Crippen LogP) is 4.36. The largest absolute Gasteiger partial charge is 0.569 e. The fraction of sp³-hybridized carbons (Fsp3) is 0.190. The van der Waals surface area contributed by atoms with Gasteiger partial charge in [-0.15, -0.1) is 0 Å². The molecule has 0 bridgehead atoms. The number of nitrogens with zero attached hydrogens (tertiary/aromatic N) is 2. The lowest BCUT2D eigenvalue weighted by Crippen LogP contribution is -2.26. The highest BCUT2D eigenvalue weighted by Gasteiger charge is 2.35. The topological polar surface area (TPSA) is 47.3 Å². The Morgan fingerprint density at radius 2 is 1.85 bits per heavy atom. The van der Waals surface area contributed by atoms with Gasteiger partial charge in [0.15, 0.2) is 0 Å². The maximum atomic E-state index is 9.11. The van der Waals surface area contributed by atoms with Gasteiger partial charge in [-0.05, 0) is 41.5 Å². The first-order chi connectivity index (χ1) is 12.1. The van der Waals surface area contributed by atoms with Crippen molar-refractivity contribution in [1.82, 2.24) is 9.55 Å². The van der Waals surface area contributed by atoms with Gasteiger partial charge in [-0.2, -0.15) is 0 Å². The van der Waals surface area contributed by atoms with Gasteiger partial charge in [-0.1, -0.05) is 39.5 Å². The first-order valence-corrected chi connectivity index (χ1v) is 8.29. The minimum Gasteiger partial charge on any atom is -0.537 e. The van der Waals surface area contributed by atoms with Crippen LogP contribution in [-0.4, -0.2) is 22.3 Å². The third-order valence-electron chi connectivity index (χ3n) is 5.28. The van der Waals surface area contributed by atoms with Gasteiger partial charge in [0.2, 0.25) is 0 Å². The van der Waals surface area contributed by atoms with Gasteiger partial charge in [0, 0.05) is 22.4 Å². The van der Waals surface area contributed by atoms with E-state index < -0.39 is 0 Å². The molecule has 1 aliphatic rings. The maximum absolute atomic E-state index is 9.11. The Morgan fingerprint density at radius 3 is 2.65 bits per heavy atom. The number of fused-ring (bicyclic) bond motifs is 5. The second-order valence-corrected chi connectivity index (χ2v) is 6.94. The summed E-state index contributed by atoms with van der Waals surface area (Å²) < 4.78 is 7.56. The minimum absolute atomic E-state index is 0. The zero-order valence-corrected chi connectivity index (χ0v) is 14.0. The molecular formula is C21H20BN2O2. The van der Waals surface area contributed by atoms with Gasteiger partial charge < -0.3 is 9.68 Å². The molecule has 0 unspecified atom stereocenters. The van der Waals surface area contributed by atoms with E-state index in [0.29, 0.717) is 5.75 Å². The number of para-hydroxylation sites is 1. The van der Waals surface area contributed by atoms with Crippen molar-refractivity contribution in [2.24, 2.45) is 0 Å². The van der Waals surface area contributed by atoms with Crippen LogP contribution in [-0.2, 0) is 5.41 Å². The second-order valence-electron chi connectivity index (χ2n) is 6.94. The van der Waals surface area contributed by atoms with E-state index in [-0.39, 0.29) is 12.8 Å². The van der Waals surface area contributed by atoms with E-state index in [9.17, 15) is 0 Å². The summed E-state index contributed by atoms with van der Waals surface area (Å²) in [6.45, 7) is 4.45.